The highest BCUT2D eigenvalue weighted by atomic mass is 16.5. The number of nitrogens with one attached hydrogen (secondary N) is 3. The smallest absolute Gasteiger partial charge is 0.328 e. The molecule has 142 valence electrons. The van der Waals surface area contributed by atoms with Gasteiger partial charge in [0.15, 0.2) is 6.61 Å². The SMILES string of the molecule is Cc1cccc(NC(=O)COc2cccc(C=C3C(=O)NC(=O)NC3=O)c2)c1. The van der Waals surface area contributed by atoms with Gasteiger partial charge in [-0.25, -0.2) is 4.79 Å². The molecule has 1 aliphatic heterocycles. The molecule has 3 rings (SSSR count). The normalized spacial score (nSPS) is 13.5. The van der Waals surface area contributed by atoms with Crippen LogP contribution in [-0.4, -0.2) is 30.4 Å². The summed E-state index contributed by atoms with van der Waals surface area (Å²) in [6, 6.07) is 13.1. The largest absolute Gasteiger partial charge is 0.484 e. The zero-order valence-electron chi connectivity index (χ0n) is 14.9. The van der Waals surface area contributed by atoms with Gasteiger partial charge < -0.3 is 10.1 Å². The van der Waals surface area contributed by atoms with Crippen LogP contribution in [-0.2, 0) is 14.4 Å². The lowest BCUT2D eigenvalue weighted by atomic mass is 10.1. The first-order valence-electron chi connectivity index (χ1n) is 8.38. The average Bonchev–Trinajstić information content (AvgIpc) is 2.63. The maximum atomic E-state index is 12.0. The number of hydrogen-bond donors (Lipinski definition) is 3. The molecule has 0 aliphatic carbocycles. The predicted octanol–water partition coefficient (Wildman–Crippen LogP) is 1.76. The molecule has 8 nitrogen and oxygen atoms in total. The van der Waals surface area contributed by atoms with Crippen LogP contribution < -0.4 is 20.7 Å². The molecule has 1 aliphatic rings. The van der Waals surface area contributed by atoms with Crippen LogP contribution in [0, 0.1) is 6.92 Å². The highest BCUT2D eigenvalue weighted by molar-refractivity contribution is 6.31. The molecule has 1 saturated heterocycles. The summed E-state index contributed by atoms with van der Waals surface area (Å²) < 4.78 is 5.47. The van der Waals surface area contributed by atoms with Crippen LogP contribution in [0.4, 0.5) is 10.5 Å². The van der Waals surface area contributed by atoms with Gasteiger partial charge in [-0.2, -0.15) is 0 Å². The Labute approximate surface area is 160 Å². The van der Waals surface area contributed by atoms with Crippen LogP contribution in [0.1, 0.15) is 11.1 Å². The lowest BCUT2D eigenvalue weighted by Crippen LogP contribution is -2.51. The highest BCUT2D eigenvalue weighted by Gasteiger charge is 2.27. The molecule has 0 bridgehead atoms. The van der Waals surface area contributed by atoms with E-state index in [1.807, 2.05) is 35.8 Å². The maximum Gasteiger partial charge on any atom is 0.328 e. The summed E-state index contributed by atoms with van der Waals surface area (Å²) in [4.78, 5) is 46.7. The summed E-state index contributed by atoms with van der Waals surface area (Å²) in [6.45, 7) is 1.72. The van der Waals surface area contributed by atoms with Crippen LogP contribution in [0.15, 0.2) is 54.1 Å². The Kier molecular flexibility index (Phi) is 5.50. The van der Waals surface area contributed by atoms with E-state index in [9.17, 15) is 19.2 Å². The van der Waals surface area contributed by atoms with E-state index in [4.69, 9.17) is 4.74 Å². The summed E-state index contributed by atoms with van der Waals surface area (Å²) in [5.41, 5.74) is 2.01. The van der Waals surface area contributed by atoms with Crippen molar-refractivity contribution in [2.75, 3.05) is 11.9 Å². The van der Waals surface area contributed by atoms with E-state index >= 15 is 0 Å². The number of rotatable bonds is 5. The van der Waals surface area contributed by atoms with Gasteiger partial charge in [0.05, 0.1) is 0 Å². The number of benzene rings is 2. The summed E-state index contributed by atoms with van der Waals surface area (Å²) in [7, 11) is 0. The van der Waals surface area contributed by atoms with Crippen molar-refractivity contribution < 1.29 is 23.9 Å². The molecule has 0 unspecified atom stereocenters. The Morgan fingerprint density at radius 1 is 1.04 bits per heavy atom. The van der Waals surface area contributed by atoms with E-state index in [2.05, 4.69) is 5.32 Å². The first-order valence-corrected chi connectivity index (χ1v) is 8.38. The maximum absolute atomic E-state index is 12.0. The van der Waals surface area contributed by atoms with Gasteiger partial charge in [0.2, 0.25) is 0 Å². The first-order chi connectivity index (χ1) is 13.4. The number of aryl methyl sites for hydroxylation is 1. The molecule has 0 aromatic heterocycles. The summed E-state index contributed by atoms with van der Waals surface area (Å²) in [6.07, 6.45) is 1.33. The molecule has 2 aromatic carbocycles. The van der Waals surface area contributed by atoms with Crippen molar-refractivity contribution in [1.29, 1.82) is 0 Å². The number of anilines is 1. The molecule has 0 radical (unpaired) electrons. The molecule has 3 N–H and O–H groups in total. The van der Waals surface area contributed by atoms with E-state index in [-0.39, 0.29) is 18.1 Å². The number of carbonyl (C=O) groups excluding carboxylic acids is 4. The number of amides is 5. The summed E-state index contributed by atoms with van der Waals surface area (Å²) >= 11 is 0. The average molecular weight is 379 g/mol. The number of imide groups is 2. The molecule has 2 aromatic rings. The number of barbiturate groups is 1. The number of ether oxygens (including phenoxy) is 1. The Bertz CT molecular complexity index is 975. The lowest BCUT2D eigenvalue weighted by Gasteiger charge is -2.14. The third-order valence-corrected chi connectivity index (χ3v) is 3.78. The molecule has 0 atom stereocenters. The second-order valence-corrected chi connectivity index (χ2v) is 6.07. The van der Waals surface area contributed by atoms with E-state index in [0.717, 1.165) is 5.56 Å². The minimum Gasteiger partial charge on any atom is -0.484 e. The van der Waals surface area contributed by atoms with Gasteiger partial charge in [-0.05, 0) is 48.4 Å². The Morgan fingerprint density at radius 2 is 1.75 bits per heavy atom. The topological polar surface area (TPSA) is 114 Å². The minimum atomic E-state index is -0.858. The van der Waals surface area contributed by atoms with Crippen LogP contribution in [0.2, 0.25) is 0 Å². The standard InChI is InChI=1S/C20H17N3O5/c1-12-4-2-6-14(8-12)21-17(24)11-28-15-7-3-5-13(9-15)10-16-18(25)22-20(27)23-19(16)26/h2-10H,11H2,1H3,(H,21,24)(H2,22,23,25,26,27). The molecule has 1 heterocycles. The van der Waals surface area contributed by atoms with Crippen molar-refractivity contribution in [1.82, 2.24) is 10.6 Å². The number of urea groups is 1. The van der Waals surface area contributed by atoms with Crippen molar-refractivity contribution in [3.8, 4) is 5.75 Å². The Balaban J connectivity index is 1.64. The molecule has 5 amide bonds. The highest BCUT2D eigenvalue weighted by Crippen LogP contribution is 2.17. The van der Waals surface area contributed by atoms with E-state index in [1.165, 1.54) is 6.08 Å². The van der Waals surface area contributed by atoms with Crippen molar-refractivity contribution in [2.45, 2.75) is 6.92 Å². The zero-order chi connectivity index (χ0) is 20.1. The molecule has 0 saturated carbocycles. The third kappa shape index (κ3) is 4.82. The van der Waals surface area contributed by atoms with Crippen molar-refractivity contribution in [2.24, 2.45) is 0 Å². The molecular formula is C20H17N3O5. The van der Waals surface area contributed by atoms with E-state index in [1.54, 1.807) is 30.3 Å². The first kappa shape index (κ1) is 18.8. The summed E-state index contributed by atoms with van der Waals surface area (Å²) in [5.74, 6) is -1.49. The molecular weight excluding hydrogens is 362 g/mol. The molecule has 8 heteroatoms. The zero-order valence-corrected chi connectivity index (χ0v) is 14.9. The summed E-state index contributed by atoms with van der Waals surface area (Å²) in [5, 5.41) is 6.73. The monoisotopic (exact) mass is 379 g/mol. The van der Waals surface area contributed by atoms with Gasteiger partial charge in [-0.3, -0.25) is 25.0 Å². The van der Waals surface area contributed by atoms with Crippen molar-refractivity contribution >= 4 is 35.5 Å². The fraction of sp³-hybridized carbons (Fsp3) is 0.100. The number of carbonyl (C=O) groups is 4. The van der Waals surface area contributed by atoms with Crippen molar-refractivity contribution in [3.63, 3.8) is 0 Å². The fourth-order valence-electron chi connectivity index (χ4n) is 2.54. The number of hydrogen-bond acceptors (Lipinski definition) is 5. The third-order valence-electron chi connectivity index (χ3n) is 3.78. The van der Waals surface area contributed by atoms with Gasteiger partial charge in [-0.15, -0.1) is 0 Å². The Hall–Kier alpha value is -3.94. The van der Waals surface area contributed by atoms with Crippen LogP contribution in [0.5, 0.6) is 5.75 Å². The van der Waals surface area contributed by atoms with Crippen molar-refractivity contribution in [3.05, 3.63) is 65.2 Å². The second kappa shape index (κ2) is 8.17. The molecule has 0 spiro atoms. The fourth-order valence-corrected chi connectivity index (χ4v) is 2.54. The second-order valence-electron chi connectivity index (χ2n) is 6.07. The van der Waals surface area contributed by atoms with Gasteiger partial charge in [0.1, 0.15) is 11.3 Å². The minimum absolute atomic E-state index is 0.200. The van der Waals surface area contributed by atoms with Crippen LogP contribution >= 0.6 is 0 Å². The quantitative estimate of drug-likeness (QED) is 0.541. The predicted molar refractivity (Wildman–Crippen MR) is 101 cm³/mol. The van der Waals surface area contributed by atoms with Gasteiger partial charge in [0.25, 0.3) is 17.7 Å². The molecule has 28 heavy (non-hydrogen) atoms. The lowest BCUT2D eigenvalue weighted by molar-refractivity contribution is -0.124. The van der Waals surface area contributed by atoms with Gasteiger partial charge in [-0.1, -0.05) is 24.3 Å². The Morgan fingerprint density at radius 3 is 2.46 bits per heavy atom. The van der Waals surface area contributed by atoms with Gasteiger partial charge >= 0.3 is 6.03 Å². The van der Waals surface area contributed by atoms with Crippen LogP contribution in [0.3, 0.4) is 0 Å². The van der Waals surface area contributed by atoms with Crippen LogP contribution in [0.25, 0.3) is 6.08 Å². The van der Waals surface area contributed by atoms with E-state index < -0.39 is 17.8 Å². The van der Waals surface area contributed by atoms with Gasteiger partial charge in [0, 0.05) is 5.69 Å². The molecule has 1 fully saturated rings. The van der Waals surface area contributed by atoms with E-state index in [0.29, 0.717) is 17.0 Å².